The average Bonchev–Trinajstić information content (AvgIpc) is 2.49. The molecular formula is C16H17Cl2N3OS. The molecule has 0 aliphatic rings. The van der Waals surface area contributed by atoms with E-state index in [-0.39, 0.29) is 5.91 Å². The van der Waals surface area contributed by atoms with Gasteiger partial charge < -0.3 is 5.32 Å². The van der Waals surface area contributed by atoms with E-state index in [0.29, 0.717) is 28.6 Å². The normalized spacial score (nSPS) is 10.7. The highest BCUT2D eigenvalue weighted by atomic mass is 35.5. The van der Waals surface area contributed by atoms with E-state index in [2.05, 4.69) is 15.3 Å². The molecule has 0 saturated heterocycles. The Balaban J connectivity index is 2.03. The van der Waals surface area contributed by atoms with Gasteiger partial charge in [-0.15, -0.1) is 0 Å². The third-order valence-corrected chi connectivity index (χ3v) is 4.50. The van der Waals surface area contributed by atoms with Gasteiger partial charge in [-0.05, 0) is 50.3 Å². The van der Waals surface area contributed by atoms with Crippen molar-refractivity contribution in [2.24, 2.45) is 0 Å². The maximum Gasteiger partial charge on any atom is 0.224 e. The van der Waals surface area contributed by atoms with Crippen molar-refractivity contribution in [1.82, 2.24) is 9.97 Å². The van der Waals surface area contributed by atoms with Gasteiger partial charge in [-0.25, -0.2) is 9.97 Å². The molecule has 7 heteroatoms. The molecule has 2 rings (SSSR count). The van der Waals surface area contributed by atoms with E-state index >= 15 is 0 Å². The summed E-state index contributed by atoms with van der Waals surface area (Å²) in [5.41, 5.74) is 3.35. The fraction of sp³-hybridized carbons (Fsp3) is 0.312. The van der Waals surface area contributed by atoms with Crippen molar-refractivity contribution < 1.29 is 4.79 Å². The van der Waals surface area contributed by atoms with Gasteiger partial charge >= 0.3 is 0 Å². The minimum absolute atomic E-state index is 0.123. The molecule has 2 aromatic rings. The second-order valence-electron chi connectivity index (χ2n) is 5.03. The summed E-state index contributed by atoms with van der Waals surface area (Å²) in [6.07, 6.45) is 2.85. The molecule has 0 bridgehead atoms. The third-order valence-electron chi connectivity index (χ3n) is 3.39. The van der Waals surface area contributed by atoms with Crippen LogP contribution in [-0.4, -0.2) is 22.1 Å². The number of aryl methyl sites for hydroxylation is 2. The number of halogens is 2. The second-order valence-corrected chi connectivity index (χ2v) is 6.65. The van der Waals surface area contributed by atoms with E-state index in [9.17, 15) is 4.79 Å². The number of nitrogens with one attached hydrogen (secondary N) is 1. The number of anilines is 1. The van der Waals surface area contributed by atoms with Crippen molar-refractivity contribution in [1.29, 1.82) is 0 Å². The molecule has 122 valence electrons. The summed E-state index contributed by atoms with van der Waals surface area (Å²) >= 11 is 13.5. The molecule has 0 saturated carbocycles. The SMILES string of the molecule is CSc1nc(C)c(CCC(=O)Nc2cc(Cl)ccc2Cl)c(C)n1. The number of thioether (sulfide) groups is 1. The van der Waals surface area contributed by atoms with Crippen LogP contribution in [-0.2, 0) is 11.2 Å². The zero-order valence-electron chi connectivity index (χ0n) is 13.1. The van der Waals surface area contributed by atoms with Crippen LogP contribution in [0.3, 0.4) is 0 Å². The average molecular weight is 370 g/mol. The molecule has 1 aromatic heterocycles. The molecule has 1 heterocycles. The standard InChI is InChI=1S/C16H17Cl2N3OS/c1-9-12(10(2)20-16(19-9)23-3)5-7-15(22)21-14-8-11(17)4-6-13(14)18/h4,6,8H,5,7H2,1-3H3,(H,21,22). The van der Waals surface area contributed by atoms with Gasteiger partial charge in [0.2, 0.25) is 5.91 Å². The number of rotatable bonds is 5. The van der Waals surface area contributed by atoms with E-state index in [1.165, 1.54) is 11.8 Å². The Morgan fingerprint density at radius 3 is 2.48 bits per heavy atom. The highest BCUT2D eigenvalue weighted by molar-refractivity contribution is 7.98. The Hall–Kier alpha value is -1.30. The predicted molar refractivity (Wildman–Crippen MR) is 96.7 cm³/mol. The zero-order chi connectivity index (χ0) is 17.0. The molecular weight excluding hydrogens is 353 g/mol. The van der Waals surface area contributed by atoms with E-state index in [1.54, 1.807) is 18.2 Å². The number of carbonyl (C=O) groups excluding carboxylic acids is 1. The van der Waals surface area contributed by atoms with Crippen LogP contribution in [0.2, 0.25) is 10.0 Å². The lowest BCUT2D eigenvalue weighted by molar-refractivity contribution is -0.116. The fourth-order valence-corrected chi connectivity index (χ4v) is 3.00. The molecule has 0 spiro atoms. The molecule has 0 atom stereocenters. The Morgan fingerprint density at radius 2 is 1.87 bits per heavy atom. The van der Waals surface area contributed by atoms with Gasteiger partial charge in [-0.3, -0.25) is 4.79 Å². The van der Waals surface area contributed by atoms with E-state index < -0.39 is 0 Å². The highest BCUT2D eigenvalue weighted by Crippen LogP contribution is 2.25. The van der Waals surface area contributed by atoms with Gasteiger partial charge in [-0.1, -0.05) is 35.0 Å². The number of carbonyl (C=O) groups is 1. The minimum atomic E-state index is -0.123. The van der Waals surface area contributed by atoms with Gasteiger partial charge in [0.15, 0.2) is 5.16 Å². The molecule has 1 aromatic carbocycles. The van der Waals surface area contributed by atoms with Gasteiger partial charge in [0.1, 0.15) is 0 Å². The first-order chi connectivity index (χ1) is 10.9. The van der Waals surface area contributed by atoms with Crippen LogP contribution >= 0.6 is 35.0 Å². The lowest BCUT2D eigenvalue weighted by Gasteiger charge is -2.11. The Labute approximate surface area is 150 Å². The summed E-state index contributed by atoms with van der Waals surface area (Å²) in [6.45, 7) is 3.88. The molecule has 0 fully saturated rings. The summed E-state index contributed by atoms with van der Waals surface area (Å²) in [4.78, 5) is 21.0. The highest BCUT2D eigenvalue weighted by Gasteiger charge is 2.12. The number of nitrogens with zero attached hydrogens (tertiary/aromatic N) is 2. The van der Waals surface area contributed by atoms with Crippen molar-refractivity contribution in [2.75, 3.05) is 11.6 Å². The summed E-state index contributed by atoms with van der Waals surface area (Å²) in [7, 11) is 0. The fourth-order valence-electron chi connectivity index (χ4n) is 2.21. The Kier molecular flexibility index (Phi) is 6.27. The molecule has 0 radical (unpaired) electrons. The summed E-state index contributed by atoms with van der Waals surface area (Å²) in [6, 6.07) is 4.97. The molecule has 4 nitrogen and oxygen atoms in total. The molecule has 0 unspecified atom stereocenters. The Bertz CT molecular complexity index is 714. The molecule has 0 aliphatic heterocycles. The lowest BCUT2D eigenvalue weighted by atomic mass is 10.1. The van der Waals surface area contributed by atoms with Crippen LogP contribution < -0.4 is 5.32 Å². The Morgan fingerprint density at radius 1 is 1.22 bits per heavy atom. The van der Waals surface area contributed by atoms with Crippen molar-refractivity contribution >= 4 is 46.6 Å². The van der Waals surface area contributed by atoms with E-state index in [4.69, 9.17) is 23.2 Å². The smallest absolute Gasteiger partial charge is 0.224 e. The molecule has 1 amide bonds. The zero-order valence-corrected chi connectivity index (χ0v) is 15.4. The number of amides is 1. The van der Waals surface area contributed by atoms with E-state index in [1.807, 2.05) is 20.1 Å². The number of hydrogen-bond donors (Lipinski definition) is 1. The minimum Gasteiger partial charge on any atom is -0.325 e. The molecule has 23 heavy (non-hydrogen) atoms. The topological polar surface area (TPSA) is 54.9 Å². The van der Waals surface area contributed by atoms with Gasteiger partial charge in [0, 0.05) is 22.8 Å². The van der Waals surface area contributed by atoms with Crippen LogP contribution in [0.25, 0.3) is 0 Å². The largest absolute Gasteiger partial charge is 0.325 e. The first-order valence-electron chi connectivity index (χ1n) is 7.03. The molecule has 0 aliphatic carbocycles. The van der Waals surface area contributed by atoms with Crippen molar-refractivity contribution in [3.05, 3.63) is 45.2 Å². The van der Waals surface area contributed by atoms with Gasteiger partial charge in [0.25, 0.3) is 0 Å². The van der Waals surface area contributed by atoms with E-state index in [0.717, 1.165) is 22.1 Å². The maximum atomic E-state index is 12.1. The number of hydrogen-bond acceptors (Lipinski definition) is 4. The third kappa shape index (κ3) is 4.83. The first-order valence-corrected chi connectivity index (χ1v) is 9.01. The van der Waals surface area contributed by atoms with Crippen molar-refractivity contribution in [3.8, 4) is 0 Å². The lowest BCUT2D eigenvalue weighted by Crippen LogP contribution is -2.14. The van der Waals surface area contributed by atoms with Gasteiger partial charge in [0.05, 0.1) is 10.7 Å². The maximum absolute atomic E-state index is 12.1. The predicted octanol–water partition coefficient (Wildman–Crippen LogP) is 4.69. The van der Waals surface area contributed by atoms with Gasteiger partial charge in [-0.2, -0.15) is 0 Å². The monoisotopic (exact) mass is 369 g/mol. The summed E-state index contributed by atoms with van der Waals surface area (Å²) < 4.78 is 0. The number of benzene rings is 1. The summed E-state index contributed by atoms with van der Waals surface area (Å²) in [5, 5.41) is 4.52. The quantitative estimate of drug-likeness (QED) is 0.613. The van der Waals surface area contributed by atoms with Crippen LogP contribution in [0.5, 0.6) is 0 Å². The van der Waals surface area contributed by atoms with Crippen LogP contribution in [0.1, 0.15) is 23.4 Å². The summed E-state index contributed by atoms with van der Waals surface area (Å²) in [5.74, 6) is -0.123. The van der Waals surface area contributed by atoms with Crippen LogP contribution in [0, 0.1) is 13.8 Å². The molecule has 1 N–H and O–H groups in total. The van der Waals surface area contributed by atoms with Crippen molar-refractivity contribution in [2.45, 2.75) is 31.8 Å². The van der Waals surface area contributed by atoms with Crippen molar-refractivity contribution in [3.63, 3.8) is 0 Å². The second kappa shape index (κ2) is 7.99. The number of aromatic nitrogens is 2. The van der Waals surface area contributed by atoms with Crippen LogP contribution in [0.15, 0.2) is 23.4 Å². The van der Waals surface area contributed by atoms with Crippen LogP contribution in [0.4, 0.5) is 5.69 Å². The first kappa shape index (κ1) is 18.0.